The molecule has 1 aromatic heterocycles. The van der Waals surface area contributed by atoms with Gasteiger partial charge in [-0.05, 0) is 30.7 Å². The molecular formula is C15H14F4N2O2. The lowest BCUT2D eigenvalue weighted by molar-refractivity contribution is -0.233. The highest BCUT2D eigenvalue weighted by Gasteiger charge is 2.44. The van der Waals surface area contributed by atoms with Crippen LogP contribution in [0.1, 0.15) is 16.1 Å². The number of aromatic amines is 1. The summed E-state index contributed by atoms with van der Waals surface area (Å²) in [6, 6.07) is 4.03. The number of halogens is 4. The Bertz CT molecular complexity index is 754. The lowest BCUT2D eigenvalue weighted by Crippen LogP contribution is -2.51. The average molecular weight is 330 g/mol. The predicted octanol–water partition coefficient (Wildman–Crippen LogP) is 3.02. The summed E-state index contributed by atoms with van der Waals surface area (Å²) in [7, 11) is 0. The van der Waals surface area contributed by atoms with E-state index in [9.17, 15) is 22.4 Å². The number of carbonyl (C=O) groups is 1. The molecule has 0 radical (unpaired) electrons. The van der Waals surface area contributed by atoms with Crippen molar-refractivity contribution in [2.75, 3.05) is 19.7 Å². The molecule has 0 bridgehead atoms. The van der Waals surface area contributed by atoms with Crippen molar-refractivity contribution in [3.05, 3.63) is 35.3 Å². The molecule has 124 valence electrons. The molecule has 1 N–H and O–H groups in total. The minimum absolute atomic E-state index is 0.0780. The van der Waals surface area contributed by atoms with E-state index in [1.165, 1.54) is 18.2 Å². The van der Waals surface area contributed by atoms with Crippen LogP contribution < -0.4 is 0 Å². The van der Waals surface area contributed by atoms with E-state index < -0.39 is 30.5 Å². The Balaban J connectivity index is 1.90. The molecule has 2 heterocycles. The van der Waals surface area contributed by atoms with Crippen LogP contribution in [0.4, 0.5) is 17.6 Å². The van der Waals surface area contributed by atoms with Crippen molar-refractivity contribution < 1.29 is 27.1 Å². The maximum atomic E-state index is 13.3. The summed E-state index contributed by atoms with van der Waals surface area (Å²) in [6.07, 6.45) is -6.50. The first kappa shape index (κ1) is 15.8. The third kappa shape index (κ3) is 2.90. The Labute approximate surface area is 129 Å². The number of aryl methyl sites for hydroxylation is 1. The van der Waals surface area contributed by atoms with Gasteiger partial charge in [0.2, 0.25) is 0 Å². The van der Waals surface area contributed by atoms with Gasteiger partial charge in [-0.25, -0.2) is 4.39 Å². The number of H-pyrrole nitrogens is 1. The lowest BCUT2D eigenvalue weighted by Gasteiger charge is -2.33. The molecule has 1 amide bonds. The molecule has 3 rings (SSSR count). The lowest BCUT2D eigenvalue weighted by atomic mass is 10.1. The number of fused-ring (bicyclic) bond motifs is 1. The topological polar surface area (TPSA) is 45.3 Å². The van der Waals surface area contributed by atoms with E-state index in [1.54, 1.807) is 6.92 Å². The second-order valence-electron chi connectivity index (χ2n) is 5.47. The Kier molecular flexibility index (Phi) is 3.79. The molecule has 4 nitrogen and oxygen atoms in total. The van der Waals surface area contributed by atoms with Crippen LogP contribution in [0.3, 0.4) is 0 Å². The average Bonchev–Trinajstić information content (AvgIpc) is 2.83. The van der Waals surface area contributed by atoms with Crippen LogP contribution in [-0.4, -0.2) is 47.8 Å². The van der Waals surface area contributed by atoms with Gasteiger partial charge in [0, 0.05) is 17.4 Å². The van der Waals surface area contributed by atoms with Gasteiger partial charge in [0.15, 0.2) is 6.10 Å². The maximum Gasteiger partial charge on any atom is 0.416 e. The van der Waals surface area contributed by atoms with Crippen molar-refractivity contribution in [1.82, 2.24) is 9.88 Å². The highest BCUT2D eigenvalue weighted by atomic mass is 19.4. The number of hydrogen-bond acceptors (Lipinski definition) is 2. The number of alkyl halides is 3. The molecule has 23 heavy (non-hydrogen) atoms. The maximum absolute atomic E-state index is 13.3. The van der Waals surface area contributed by atoms with Gasteiger partial charge < -0.3 is 14.6 Å². The van der Waals surface area contributed by atoms with Crippen LogP contribution >= 0.6 is 0 Å². The summed E-state index contributed by atoms with van der Waals surface area (Å²) in [6.45, 7) is 0.983. The van der Waals surface area contributed by atoms with E-state index in [-0.39, 0.29) is 18.8 Å². The standard InChI is InChI=1S/C15H14F4N2O2/c1-8-10-6-9(16)2-3-11(10)20-13(8)14(22)21-4-5-23-12(7-21)15(17,18)19/h2-3,6,12,20H,4-5,7H2,1H3/t12-/m1/s1. The molecule has 1 fully saturated rings. The van der Waals surface area contributed by atoms with E-state index in [1.807, 2.05) is 0 Å². The van der Waals surface area contributed by atoms with Crippen molar-refractivity contribution >= 4 is 16.8 Å². The number of rotatable bonds is 1. The van der Waals surface area contributed by atoms with Crippen LogP contribution in [-0.2, 0) is 4.74 Å². The van der Waals surface area contributed by atoms with Crippen LogP contribution in [0.15, 0.2) is 18.2 Å². The van der Waals surface area contributed by atoms with Crippen molar-refractivity contribution in [3.63, 3.8) is 0 Å². The van der Waals surface area contributed by atoms with Gasteiger partial charge >= 0.3 is 6.18 Å². The second-order valence-corrected chi connectivity index (χ2v) is 5.47. The van der Waals surface area contributed by atoms with Crippen molar-refractivity contribution in [2.45, 2.75) is 19.2 Å². The predicted molar refractivity (Wildman–Crippen MR) is 74.7 cm³/mol. The highest BCUT2D eigenvalue weighted by Crippen LogP contribution is 2.28. The molecule has 0 saturated carbocycles. The van der Waals surface area contributed by atoms with Gasteiger partial charge in [-0.2, -0.15) is 13.2 Å². The van der Waals surface area contributed by atoms with Crippen LogP contribution in [0.5, 0.6) is 0 Å². The summed E-state index contributed by atoms with van der Waals surface area (Å²) in [5, 5.41) is 0.536. The fourth-order valence-corrected chi connectivity index (χ4v) is 2.70. The van der Waals surface area contributed by atoms with E-state index in [2.05, 4.69) is 9.72 Å². The number of hydrogen-bond donors (Lipinski definition) is 1. The zero-order valence-corrected chi connectivity index (χ0v) is 12.2. The van der Waals surface area contributed by atoms with Gasteiger partial charge in [-0.15, -0.1) is 0 Å². The van der Waals surface area contributed by atoms with Crippen molar-refractivity contribution in [3.8, 4) is 0 Å². The van der Waals surface area contributed by atoms with E-state index in [0.29, 0.717) is 16.5 Å². The SMILES string of the molecule is Cc1c(C(=O)N2CCO[C@@H](C(F)(F)F)C2)[nH]c2ccc(F)cc12. The first-order valence-electron chi connectivity index (χ1n) is 7.03. The molecule has 1 aliphatic rings. The number of ether oxygens (including phenoxy) is 1. The smallest absolute Gasteiger partial charge is 0.365 e. The Hall–Kier alpha value is -2.09. The summed E-state index contributed by atoms with van der Waals surface area (Å²) >= 11 is 0. The number of benzene rings is 1. The fourth-order valence-electron chi connectivity index (χ4n) is 2.70. The summed E-state index contributed by atoms with van der Waals surface area (Å²) in [5.74, 6) is -0.987. The molecule has 0 spiro atoms. The van der Waals surface area contributed by atoms with Crippen LogP contribution in [0.25, 0.3) is 10.9 Å². The van der Waals surface area contributed by atoms with Crippen LogP contribution in [0, 0.1) is 12.7 Å². The Morgan fingerprint density at radius 2 is 2.13 bits per heavy atom. The Morgan fingerprint density at radius 1 is 1.39 bits per heavy atom. The molecule has 1 saturated heterocycles. The molecule has 1 aromatic carbocycles. The van der Waals surface area contributed by atoms with Gasteiger partial charge in [-0.1, -0.05) is 0 Å². The fraction of sp³-hybridized carbons (Fsp3) is 0.400. The van der Waals surface area contributed by atoms with Crippen molar-refractivity contribution in [1.29, 1.82) is 0 Å². The molecular weight excluding hydrogens is 316 g/mol. The minimum Gasteiger partial charge on any atom is -0.365 e. The van der Waals surface area contributed by atoms with Gasteiger partial charge in [0.05, 0.1) is 13.2 Å². The van der Waals surface area contributed by atoms with Gasteiger partial charge in [0.25, 0.3) is 5.91 Å². The zero-order valence-electron chi connectivity index (χ0n) is 12.2. The number of nitrogens with one attached hydrogen (secondary N) is 1. The molecule has 2 aromatic rings. The van der Waals surface area contributed by atoms with E-state index >= 15 is 0 Å². The first-order chi connectivity index (χ1) is 10.8. The largest absolute Gasteiger partial charge is 0.416 e. The number of amides is 1. The molecule has 1 atom stereocenters. The first-order valence-corrected chi connectivity index (χ1v) is 7.03. The van der Waals surface area contributed by atoms with E-state index in [4.69, 9.17) is 0 Å². The third-order valence-electron chi connectivity index (χ3n) is 3.95. The number of nitrogens with zero attached hydrogens (tertiary/aromatic N) is 1. The molecule has 0 unspecified atom stereocenters. The number of carbonyl (C=O) groups excluding carboxylic acids is 1. The summed E-state index contributed by atoms with van der Waals surface area (Å²) < 4.78 is 56.3. The van der Waals surface area contributed by atoms with Crippen LogP contribution in [0.2, 0.25) is 0 Å². The summed E-state index contributed by atoms with van der Waals surface area (Å²) in [5.41, 5.74) is 1.25. The van der Waals surface area contributed by atoms with Gasteiger partial charge in [-0.3, -0.25) is 4.79 Å². The third-order valence-corrected chi connectivity index (χ3v) is 3.95. The monoisotopic (exact) mass is 330 g/mol. The van der Waals surface area contributed by atoms with Gasteiger partial charge in [0.1, 0.15) is 11.5 Å². The Morgan fingerprint density at radius 3 is 2.83 bits per heavy atom. The quantitative estimate of drug-likeness (QED) is 0.817. The number of aromatic nitrogens is 1. The zero-order chi connectivity index (χ0) is 16.8. The molecule has 0 aliphatic carbocycles. The van der Waals surface area contributed by atoms with E-state index in [0.717, 1.165) is 4.90 Å². The molecule has 1 aliphatic heterocycles. The van der Waals surface area contributed by atoms with Crippen molar-refractivity contribution in [2.24, 2.45) is 0 Å². The number of morpholine rings is 1. The minimum atomic E-state index is -4.52. The molecule has 8 heteroatoms. The normalized spacial score (nSPS) is 19.3. The summed E-state index contributed by atoms with van der Waals surface area (Å²) in [4.78, 5) is 16.5. The highest BCUT2D eigenvalue weighted by molar-refractivity contribution is 6.00. The second kappa shape index (κ2) is 5.52.